The van der Waals surface area contributed by atoms with Crippen LogP contribution in [0.4, 0.5) is 10.8 Å². The first-order valence-corrected chi connectivity index (χ1v) is 8.37. The van der Waals surface area contributed by atoms with Crippen LogP contribution in [0.2, 0.25) is 5.02 Å². The molecule has 0 radical (unpaired) electrons. The normalized spacial score (nSPS) is 13.4. The number of phenols is 1. The Kier molecular flexibility index (Phi) is 3.33. The molecular formula is C14H9ClN4OS2. The van der Waals surface area contributed by atoms with E-state index in [0.29, 0.717) is 16.7 Å². The molecule has 0 unspecified atom stereocenters. The van der Waals surface area contributed by atoms with E-state index in [4.69, 9.17) is 11.6 Å². The molecule has 22 heavy (non-hydrogen) atoms. The van der Waals surface area contributed by atoms with E-state index < -0.39 is 0 Å². The highest BCUT2D eigenvalue weighted by molar-refractivity contribution is 7.98. The van der Waals surface area contributed by atoms with Crippen molar-refractivity contribution >= 4 is 61.9 Å². The molecule has 4 rings (SSSR count). The number of hydrogen-bond donors (Lipinski definition) is 3. The van der Waals surface area contributed by atoms with Gasteiger partial charge in [-0.2, -0.15) is 0 Å². The molecular weight excluding hydrogens is 340 g/mol. The number of nitrogens with zero attached hydrogens (tertiary/aromatic N) is 2. The van der Waals surface area contributed by atoms with Gasteiger partial charge in [-0.05, 0) is 30.1 Å². The van der Waals surface area contributed by atoms with Crippen molar-refractivity contribution < 1.29 is 5.11 Å². The maximum Gasteiger partial charge on any atom is 0.213 e. The SMILES string of the molecule is Oc1cc(Cl)cc2c1N=C(Nc1nc3ccccc3s1)NS2. The first-order chi connectivity index (χ1) is 10.7. The van der Waals surface area contributed by atoms with Crippen molar-refractivity contribution in [1.29, 1.82) is 0 Å². The van der Waals surface area contributed by atoms with Gasteiger partial charge in [0.15, 0.2) is 5.13 Å². The van der Waals surface area contributed by atoms with Crippen molar-refractivity contribution in [3.05, 3.63) is 41.4 Å². The highest BCUT2D eigenvalue weighted by atomic mass is 35.5. The minimum absolute atomic E-state index is 0.0556. The Morgan fingerprint density at radius 1 is 1.23 bits per heavy atom. The van der Waals surface area contributed by atoms with E-state index in [1.807, 2.05) is 24.3 Å². The molecule has 0 amide bonds. The lowest BCUT2D eigenvalue weighted by Crippen LogP contribution is -2.26. The number of aromatic hydroxyl groups is 1. The Hall–Kier alpha value is -1.96. The molecule has 110 valence electrons. The molecule has 1 aliphatic rings. The van der Waals surface area contributed by atoms with Crippen molar-refractivity contribution in [3.8, 4) is 5.75 Å². The zero-order valence-corrected chi connectivity index (χ0v) is 13.4. The van der Waals surface area contributed by atoms with Crippen molar-refractivity contribution in [2.75, 3.05) is 5.32 Å². The number of anilines is 1. The largest absolute Gasteiger partial charge is 0.506 e. The molecule has 0 saturated carbocycles. The molecule has 0 spiro atoms. The van der Waals surface area contributed by atoms with E-state index in [0.717, 1.165) is 20.2 Å². The summed E-state index contributed by atoms with van der Waals surface area (Å²) in [5.74, 6) is 0.578. The number of thiazole rings is 1. The van der Waals surface area contributed by atoms with Crippen molar-refractivity contribution in [2.45, 2.75) is 4.90 Å². The van der Waals surface area contributed by atoms with Gasteiger partial charge in [0.25, 0.3) is 0 Å². The van der Waals surface area contributed by atoms with Gasteiger partial charge in [0.05, 0.1) is 15.1 Å². The number of halogens is 1. The lowest BCUT2D eigenvalue weighted by molar-refractivity contribution is 0.475. The van der Waals surface area contributed by atoms with Gasteiger partial charge in [-0.25, -0.2) is 9.98 Å². The van der Waals surface area contributed by atoms with Gasteiger partial charge in [-0.15, -0.1) is 0 Å². The molecule has 3 aromatic rings. The van der Waals surface area contributed by atoms with Crippen LogP contribution in [0.5, 0.6) is 5.75 Å². The summed E-state index contributed by atoms with van der Waals surface area (Å²) in [6.45, 7) is 0. The van der Waals surface area contributed by atoms with Gasteiger partial charge in [0.2, 0.25) is 5.96 Å². The highest BCUT2D eigenvalue weighted by Gasteiger charge is 2.17. The van der Waals surface area contributed by atoms with E-state index in [2.05, 4.69) is 20.0 Å². The molecule has 0 fully saturated rings. The molecule has 0 saturated heterocycles. The number of para-hydroxylation sites is 1. The van der Waals surface area contributed by atoms with Gasteiger partial charge in [-0.1, -0.05) is 35.1 Å². The molecule has 0 bridgehead atoms. The average molecular weight is 349 g/mol. The van der Waals surface area contributed by atoms with Crippen LogP contribution in [-0.2, 0) is 0 Å². The second kappa shape index (κ2) is 5.35. The van der Waals surface area contributed by atoms with E-state index in [1.54, 1.807) is 17.4 Å². The Balaban J connectivity index is 1.67. The van der Waals surface area contributed by atoms with Crippen LogP contribution in [0, 0.1) is 0 Å². The maximum atomic E-state index is 9.96. The topological polar surface area (TPSA) is 69.5 Å². The Morgan fingerprint density at radius 3 is 2.95 bits per heavy atom. The minimum atomic E-state index is 0.0556. The molecule has 8 heteroatoms. The predicted octanol–water partition coefficient (Wildman–Crippen LogP) is 4.37. The van der Waals surface area contributed by atoms with Crippen molar-refractivity contribution in [2.24, 2.45) is 4.99 Å². The first kappa shape index (κ1) is 13.7. The standard InChI is InChI=1S/C14H9ClN4OS2/c15-7-5-9(20)12-11(6-7)22-19-13(17-12)18-14-16-8-3-1-2-4-10(8)21-14/h1-6,20H,(H2,16,17,18,19). The number of rotatable bonds is 1. The quantitative estimate of drug-likeness (QED) is 0.570. The van der Waals surface area contributed by atoms with E-state index in [-0.39, 0.29) is 5.75 Å². The minimum Gasteiger partial charge on any atom is -0.506 e. The number of benzene rings is 2. The molecule has 2 aromatic carbocycles. The van der Waals surface area contributed by atoms with Crippen LogP contribution in [0.25, 0.3) is 10.2 Å². The van der Waals surface area contributed by atoms with Crippen LogP contribution in [0.15, 0.2) is 46.3 Å². The molecule has 0 atom stereocenters. The number of aromatic nitrogens is 1. The number of aliphatic imine (C=N–C) groups is 1. The Bertz CT molecular complexity index is 876. The van der Waals surface area contributed by atoms with Crippen LogP contribution < -0.4 is 10.0 Å². The van der Waals surface area contributed by atoms with Gasteiger partial charge < -0.3 is 10.4 Å². The molecule has 2 heterocycles. The molecule has 0 aliphatic carbocycles. The third-order valence-corrected chi connectivity index (χ3v) is 5.02. The Morgan fingerprint density at radius 2 is 2.09 bits per heavy atom. The third kappa shape index (κ3) is 2.47. The summed E-state index contributed by atoms with van der Waals surface area (Å²) in [6.07, 6.45) is 0. The van der Waals surface area contributed by atoms with Gasteiger partial charge >= 0.3 is 0 Å². The number of nitrogens with one attached hydrogen (secondary N) is 2. The van der Waals surface area contributed by atoms with Gasteiger partial charge in [-0.3, -0.25) is 4.72 Å². The summed E-state index contributed by atoms with van der Waals surface area (Å²) in [5, 5.41) is 14.3. The first-order valence-electron chi connectivity index (χ1n) is 6.36. The molecule has 5 nitrogen and oxygen atoms in total. The fourth-order valence-electron chi connectivity index (χ4n) is 2.07. The monoisotopic (exact) mass is 348 g/mol. The smallest absolute Gasteiger partial charge is 0.213 e. The van der Waals surface area contributed by atoms with Crippen LogP contribution in [-0.4, -0.2) is 16.1 Å². The lowest BCUT2D eigenvalue weighted by Gasteiger charge is -2.17. The van der Waals surface area contributed by atoms with Crippen molar-refractivity contribution in [1.82, 2.24) is 9.71 Å². The maximum absolute atomic E-state index is 9.96. The second-order valence-corrected chi connectivity index (χ2v) is 6.86. The third-order valence-electron chi connectivity index (χ3n) is 3.02. The summed E-state index contributed by atoms with van der Waals surface area (Å²) < 4.78 is 4.18. The highest BCUT2D eigenvalue weighted by Crippen LogP contribution is 2.41. The fourth-order valence-corrected chi connectivity index (χ4v) is 3.95. The second-order valence-electron chi connectivity index (χ2n) is 4.55. The molecule has 3 N–H and O–H groups in total. The summed E-state index contributed by atoms with van der Waals surface area (Å²) in [4.78, 5) is 9.65. The van der Waals surface area contributed by atoms with E-state index in [1.165, 1.54) is 18.0 Å². The van der Waals surface area contributed by atoms with Crippen LogP contribution >= 0.6 is 34.9 Å². The van der Waals surface area contributed by atoms with Crippen LogP contribution in [0.1, 0.15) is 0 Å². The lowest BCUT2D eigenvalue weighted by atomic mass is 10.3. The molecule has 1 aliphatic heterocycles. The number of hydrogen-bond acceptors (Lipinski definition) is 7. The summed E-state index contributed by atoms with van der Waals surface area (Å²) >= 11 is 8.80. The number of phenolic OH excluding ortho intramolecular Hbond substituents is 1. The van der Waals surface area contributed by atoms with Crippen molar-refractivity contribution in [3.63, 3.8) is 0 Å². The van der Waals surface area contributed by atoms with E-state index >= 15 is 0 Å². The fraction of sp³-hybridized carbons (Fsp3) is 0. The average Bonchev–Trinajstić information content (AvgIpc) is 2.90. The zero-order valence-electron chi connectivity index (χ0n) is 11.0. The summed E-state index contributed by atoms with van der Waals surface area (Å²) in [7, 11) is 0. The Labute approximate surface area is 139 Å². The van der Waals surface area contributed by atoms with Crippen LogP contribution in [0.3, 0.4) is 0 Å². The summed E-state index contributed by atoms with van der Waals surface area (Å²) in [5.41, 5.74) is 1.44. The van der Waals surface area contributed by atoms with Gasteiger partial charge in [0.1, 0.15) is 11.4 Å². The van der Waals surface area contributed by atoms with E-state index in [9.17, 15) is 5.11 Å². The zero-order chi connectivity index (χ0) is 15.1. The number of fused-ring (bicyclic) bond motifs is 2. The molecule has 1 aromatic heterocycles. The van der Waals surface area contributed by atoms with Gasteiger partial charge in [0, 0.05) is 11.1 Å². The summed E-state index contributed by atoms with van der Waals surface area (Å²) in [6, 6.07) is 11.2. The predicted molar refractivity (Wildman–Crippen MR) is 92.4 cm³/mol. The number of guanidine groups is 1.